The van der Waals surface area contributed by atoms with Gasteiger partial charge < -0.3 is 14.5 Å². The van der Waals surface area contributed by atoms with Gasteiger partial charge in [0.25, 0.3) is 11.5 Å². The largest absolute Gasteiger partial charge is 0.450 e. The monoisotopic (exact) mass is 563 g/mol. The molecule has 1 aromatic carbocycles. The molecule has 9 nitrogen and oxygen atoms in total. The lowest BCUT2D eigenvalue weighted by atomic mass is 10.1. The fraction of sp³-hybridized carbons (Fsp3) is 0.321. The zero-order chi connectivity index (χ0) is 27.7. The molecule has 2 amide bonds. The van der Waals surface area contributed by atoms with Gasteiger partial charge in [-0.2, -0.15) is 0 Å². The molecule has 2 aliphatic heterocycles. The SMILES string of the molecule is CCOC(=O)N1CCN(c2nc3ccc(C)cn3c(=O)c2C=C2SC(=S)N(Cc3ccc(C)cc3)C2=O)CC1. The summed E-state index contributed by atoms with van der Waals surface area (Å²) in [6.45, 7) is 8.19. The molecule has 0 spiro atoms. The second-order valence-electron chi connectivity index (χ2n) is 9.52. The number of fused-ring (bicyclic) bond motifs is 1. The van der Waals surface area contributed by atoms with Crippen molar-refractivity contribution in [1.82, 2.24) is 19.2 Å². The number of nitrogens with zero attached hydrogens (tertiary/aromatic N) is 5. The van der Waals surface area contributed by atoms with Gasteiger partial charge in [-0.25, -0.2) is 9.78 Å². The molecule has 5 rings (SSSR count). The molecule has 2 aromatic heterocycles. The maximum absolute atomic E-state index is 13.8. The van der Waals surface area contributed by atoms with E-state index in [0.717, 1.165) is 16.7 Å². The van der Waals surface area contributed by atoms with Crippen LogP contribution in [0.1, 0.15) is 29.2 Å². The zero-order valence-electron chi connectivity index (χ0n) is 22.0. The molecule has 3 aromatic rings. The highest BCUT2D eigenvalue weighted by molar-refractivity contribution is 8.26. The Kier molecular flexibility index (Phi) is 7.72. The quantitative estimate of drug-likeness (QED) is 0.340. The summed E-state index contributed by atoms with van der Waals surface area (Å²) < 4.78 is 7.09. The van der Waals surface area contributed by atoms with Gasteiger partial charge in [0.05, 0.1) is 23.6 Å². The van der Waals surface area contributed by atoms with Crippen molar-refractivity contribution in [3.05, 3.63) is 80.1 Å². The van der Waals surface area contributed by atoms with E-state index >= 15 is 0 Å². The highest BCUT2D eigenvalue weighted by atomic mass is 32.2. The Bertz CT molecular complexity index is 1540. The highest BCUT2D eigenvalue weighted by Gasteiger charge is 2.33. The molecule has 202 valence electrons. The van der Waals surface area contributed by atoms with Crippen LogP contribution in [-0.4, -0.2) is 68.3 Å². The average Bonchev–Trinajstić information content (AvgIpc) is 3.19. The van der Waals surface area contributed by atoms with Crippen molar-refractivity contribution < 1.29 is 14.3 Å². The normalized spacial score (nSPS) is 17.0. The van der Waals surface area contributed by atoms with Crippen molar-refractivity contribution in [1.29, 1.82) is 0 Å². The van der Waals surface area contributed by atoms with Gasteiger partial charge in [0.15, 0.2) is 0 Å². The molecule has 0 bridgehead atoms. The van der Waals surface area contributed by atoms with Gasteiger partial charge in [0.1, 0.15) is 15.8 Å². The Morgan fingerprint density at radius 1 is 1.05 bits per heavy atom. The van der Waals surface area contributed by atoms with E-state index in [1.54, 1.807) is 35.1 Å². The number of aromatic nitrogens is 2. The van der Waals surface area contributed by atoms with Crippen LogP contribution in [0.15, 0.2) is 52.3 Å². The number of aryl methyl sites for hydroxylation is 2. The van der Waals surface area contributed by atoms with E-state index in [1.165, 1.54) is 16.2 Å². The van der Waals surface area contributed by atoms with Crippen LogP contribution in [0, 0.1) is 13.8 Å². The molecule has 0 aliphatic carbocycles. The molecule has 4 heterocycles. The standard InChI is InChI=1S/C28H29N5O4S2/c1-4-37-27(36)31-13-11-30(12-14-31)24-21(25(34)32-16-19(3)7-10-23(32)29-24)15-22-26(35)33(28(38)39-22)17-20-8-5-18(2)6-9-20/h5-10,15-16H,4,11-14,17H2,1-3H3. The molecular formula is C28H29N5O4S2. The Balaban J connectivity index is 1.50. The minimum atomic E-state index is -0.350. The van der Waals surface area contributed by atoms with E-state index in [0.29, 0.717) is 65.6 Å². The number of benzene rings is 1. The number of piperazine rings is 1. The second kappa shape index (κ2) is 11.2. The van der Waals surface area contributed by atoms with E-state index in [4.69, 9.17) is 21.9 Å². The van der Waals surface area contributed by atoms with Gasteiger partial charge in [-0.05, 0) is 44.0 Å². The van der Waals surface area contributed by atoms with Crippen molar-refractivity contribution in [3.8, 4) is 0 Å². The van der Waals surface area contributed by atoms with Gasteiger partial charge in [0, 0.05) is 32.4 Å². The number of anilines is 1. The van der Waals surface area contributed by atoms with Crippen LogP contribution in [0.25, 0.3) is 11.7 Å². The molecule has 2 aliphatic rings. The Morgan fingerprint density at radius 3 is 2.44 bits per heavy atom. The maximum Gasteiger partial charge on any atom is 0.409 e. The first-order valence-electron chi connectivity index (χ1n) is 12.8. The lowest BCUT2D eigenvalue weighted by Crippen LogP contribution is -2.49. The van der Waals surface area contributed by atoms with E-state index in [9.17, 15) is 14.4 Å². The number of amides is 2. The number of ether oxygens (including phenoxy) is 1. The topological polar surface area (TPSA) is 87.5 Å². The number of carbonyl (C=O) groups excluding carboxylic acids is 2. The van der Waals surface area contributed by atoms with Crippen molar-refractivity contribution >= 4 is 57.8 Å². The molecule has 0 radical (unpaired) electrons. The molecule has 2 saturated heterocycles. The number of hydrogen-bond donors (Lipinski definition) is 0. The van der Waals surface area contributed by atoms with Crippen molar-refractivity contribution in [3.63, 3.8) is 0 Å². The lowest BCUT2D eigenvalue weighted by molar-refractivity contribution is -0.122. The van der Waals surface area contributed by atoms with Crippen molar-refractivity contribution in [2.24, 2.45) is 0 Å². The number of pyridine rings is 1. The third-order valence-electron chi connectivity index (χ3n) is 6.70. The van der Waals surface area contributed by atoms with Gasteiger partial charge in [-0.15, -0.1) is 0 Å². The Morgan fingerprint density at radius 2 is 1.74 bits per heavy atom. The maximum atomic E-state index is 13.8. The molecule has 39 heavy (non-hydrogen) atoms. The minimum absolute atomic E-state index is 0.239. The fourth-order valence-electron chi connectivity index (χ4n) is 4.57. The molecule has 2 fully saturated rings. The number of rotatable bonds is 5. The second-order valence-corrected chi connectivity index (χ2v) is 11.2. The van der Waals surface area contributed by atoms with Crippen LogP contribution >= 0.6 is 24.0 Å². The summed E-state index contributed by atoms with van der Waals surface area (Å²) in [6, 6.07) is 11.7. The summed E-state index contributed by atoms with van der Waals surface area (Å²) in [5.74, 6) is 0.244. The van der Waals surface area contributed by atoms with Crippen LogP contribution in [-0.2, 0) is 16.1 Å². The average molecular weight is 564 g/mol. The number of hydrogen-bond acceptors (Lipinski definition) is 8. The fourth-order valence-corrected chi connectivity index (χ4v) is 5.81. The highest BCUT2D eigenvalue weighted by Crippen LogP contribution is 2.34. The third-order valence-corrected chi connectivity index (χ3v) is 8.08. The molecule has 0 N–H and O–H groups in total. The van der Waals surface area contributed by atoms with E-state index in [1.807, 2.05) is 49.1 Å². The number of thioether (sulfide) groups is 1. The summed E-state index contributed by atoms with van der Waals surface area (Å²) in [7, 11) is 0. The van der Waals surface area contributed by atoms with Gasteiger partial charge >= 0.3 is 6.09 Å². The molecule has 0 unspecified atom stereocenters. The lowest BCUT2D eigenvalue weighted by Gasteiger charge is -2.35. The van der Waals surface area contributed by atoms with Crippen molar-refractivity contribution in [2.45, 2.75) is 27.3 Å². The van der Waals surface area contributed by atoms with Crippen LogP contribution in [0.5, 0.6) is 0 Å². The van der Waals surface area contributed by atoms with Gasteiger partial charge in [-0.1, -0.05) is 59.9 Å². The Labute approximate surface area is 236 Å². The van der Waals surface area contributed by atoms with Crippen LogP contribution in [0.3, 0.4) is 0 Å². The van der Waals surface area contributed by atoms with E-state index in [-0.39, 0.29) is 17.6 Å². The predicted molar refractivity (Wildman–Crippen MR) is 157 cm³/mol. The smallest absolute Gasteiger partial charge is 0.409 e. The number of carbonyl (C=O) groups is 2. The van der Waals surface area contributed by atoms with Crippen LogP contribution < -0.4 is 10.5 Å². The summed E-state index contributed by atoms with van der Waals surface area (Å²) in [5, 5.41) is 0. The summed E-state index contributed by atoms with van der Waals surface area (Å²) in [4.78, 5) is 49.8. The number of thiocarbonyl (C=S) groups is 1. The first-order chi connectivity index (χ1) is 18.7. The molecule has 11 heteroatoms. The summed E-state index contributed by atoms with van der Waals surface area (Å²) in [5.41, 5.74) is 3.59. The summed E-state index contributed by atoms with van der Waals surface area (Å²) in [6.07, 6.45) is 3.01. The molecular weight excluding hydrogens is 534 g/mol. The third kappa shape index (κ3) is 5.55. The van der Waals surface area contributed by atoms with Crippen LogP contribution in [0.2, 0.25) is 0 Å². The van der Waals surface area contributed by atoms with Gasteiger partial charge in [0.2, 0.25) is 0 Å². The van der Waals surface area contributed by atoms with Crippen molar-refractivity contribution in [2.75, 3.05) is 37.7 Å². The van der Waals surface area contributed by atoms with E-state index < -0.39 is 0 Å². The minimum Gasteiger partial charge on any atom is -0.450 e. The molecule has 0 saturated carbocycles. The zero-order valence-corrected chi connectivity index (χ0v) is 23.7. The van der Waals surface area contributed by atoms with E-state index in [2.05, 4.69) is 0 Å². The van der Waals surface area contributed by atoms with Gasteiger partial charge in [-0.3, -0.25) is 18.9 Å². The predicted octanol–water partition coefficient (Wildman–Crippen LogP) is 3.99. The van der Waals surface area contributed by atoms with Crippen LogP contribution in [0.4, 0.5) is 10.6 Å². The first kappa shape index (κ1) is 26.9. The summed E-state index contributed by atoms with van der Waals surface area (Å²) >= 11 is 6.73. The molecule has 0 atom stereocenters. The Hall–Kier alpha value is -3.70. The first-order valence-corrected chi connectivity index (χ1v) is 14.0.